The largest absolute Gasteiger partial charge is 0.388 e. The van der Waals surface area contributed by atoms with Crippen LogP contribution in [0.4, 0.5) is 0 Å². The summed E-state index contributed by atoms with van der Waals surface area (Å²) in [5.74, 6) is 1.69. The van der Waals surface area contributed by atoms with Crippen molar-refractivity contribution >= 4 is 11.8 Å². The Labute approximate surface area is 85.5 Å². The average molecular weight is 203 g/mol. The fourth-order valence-corrected chi connectivity index (χ4v) is 2.52. The molecule has 1 atom stereocenters. The Morgan fingerprint density at radius 3 is 2.62 bits per heavy atom. The number of hydrogen-bond acceptors (Lipinski definition) is 3. The molecule has 3 heteroatoms. The highest BCUT2D eigenvalue weighted by molar-refractivity contribution is 7.98. The zero-order chi connectivity index (χ0) is 9.90. The van der Waals surface area contributed by atoms with Gasteiger partial charge < -0.3 is 10.4 Å². The zero-order valence-corrected chi connectivity index (χ0v) is 9.66. The van der Waals surface area contributed by atoms with Gasteiger partial charge in [-0.2, -0.15) is 11.8 Å². The second kappa shape index (κ2) is 4.67. The number of nitrogens with one attached hydrogen (secondary N) is 1. The highest BCUT2D eigenvalue weighted by Crippen LogP contribution is 2.26. The van der Waals surface area contributed by atoms with E-state index in [9.17, 15) is 5.11 Å². The second-order valence-corrected chi connectivity index (χ2v) is 5.45. The van der Waals surface area contributed by atoms with Crippen molar-refractivity contribution in [3.05, 3.63) is 0 Å². The summed E-state index contributed by atoms with van der Waals surface area (Å²) in [6.45, 7) is 4.90. The summed E-state index contributed by atoms with van der Waals surface area (Å²) in [4.78, 5) is 0. The third kappa shape index (κ3) is 3.88. The van der Waals surface area contributed by atoms with Gasteiger partial charge in [0.1, 0.15) is 0 Å². The molecule has 1 fully saturated rings. The van der Waals surface area contributed by atoms with Gasteiger partial charge in [0, 0.05) is 18.3 Å². The van der Waals surface area contributed by atoms with Crippen LogP contribution in [-0.2, 0) is 0 Å². The number of rotatable bonds is 5. The van der Waals surface area contributed by atoms with E-state index in [-0.39, 0.29) is 0 Å². The molecule has 0 aromatic rings. The van der Waals surface area contributed by atoms with Gasteiger partial charge in [-0.15, -0.1) is 0 Å². The fraction of sp³-hybridized carbons (Fsp3) is 1.00. The Bertz CT molecular complexity index is 155. The smallest absolute Gasteiger partial charge is 0.0833 e. The summed E-state index contributed by atoms with van der Waals surface area (Å²) < 4.78 is 0. The van der Waals surface area contributed by atoms with Gasteiger partial charge in [-0.25, -0.2) is 0 Å². The van der Waals surface area contributed by atoms with Gasteiger partial charge in [-0.1, -0.05) is 6.92 Å². The minimum atomic E-state index is -0.543. The first kappa shape index (κ1) is 11.3. The molecule has 1 saturated carbocycles. The number of hydrogen-bond donors (Lipinski definition) is 2. The molecule has 13 heavy (non-hydrogen) atoms. The molecule has 2 nitrogen and oxygen atoms in total. The lowest BCUT2D eigenvalue weighted by Gasteiger charge is -2.36. The first-order valence-corrected chi connectivity index (χ1v) is 6.37. The van der Waals surface area contributed by atoms with Crippen molar-refractivity contribution in [2.75, 3.05) is 18.6 Å². The van der Waals surface area contributed by atoms with Gasteiger partial charge in [-0.05, 0) is 31.9 Å². The van der Waals surface area contributed by atoms with E-state index in [1.165, 1.54) is 12.8 Å². The van der Waals surface area contributed by atoms with Crippen LogP contribution in [0.3, 0.4) is 0 Å². The van der Waals surface area contributed by atoms with Crippen LogP contribution in [0.1, 0.15) is 26.7 Å². The van der Waals surface area contributed by atoms with E-state index in [4.69, 9.17) is 0 Å². The van der Waals surface area contributed by atoms with E-state index in [2.05, 4.69) is 12.2 Å². The van der Waals surface area contributed by atoms with Crippen LogP contribution >= 0.6 is 11.8 Å². The molecular formula is C10H21NOS. The maximum Gasteiger partial charge on any atom is 0.0833 e. The van der Waals surface area contributed by atoms with Crippen LogP contribution in [0.2, 0.25) is 0 Å². The third-order valence-electron chi connectivity index (χ3n) is 2.60. The van der Waals surface area contributed by atoms with Crippen LogP contribution in [0.15, 0.2) is 0 Å². The van der Waals surface area contributed by atoms with Gasteiger partial charge >= 0.3 is 0 Å². The van der Waals surface area contributed by atoms with Gasteiger partial charge in [0.15, 0.2) is 0 Å². The lowest BCUT2D eigenvalue weighted by atomic mass is 9.81. The lowest BCUT2D eigenvalue weighted by Crippen LogP contribution is -2.48. The quantitative estimate of drug-likeness (QED) is 0.710. The Balaban J connectivity index is 2.10. The van der Waals surface area contributed by atoms with Crippen molar-refractivity contribution in [1.29, 1.82) is 0 Å². The molecule has 78 valence electrons. The molecule has 0 radical (unpaired) electrons. The SMILES string of the molecule is CSCC(C)(O)CNC1CC(C)C1. The molecule has 1 aliphatic carbocycles. The first-order valence-electron chi connectivity index (χ1n) is 4.98. The van der Waals surface area contributed by atoms with Crippen molar-refractivity contribution in [2.24, 2.45) is 5.92 Å². The summed E-state index contributed by atoms with van der Waals surface area (Å²) in [7, 11) is 0. The molecule has 1 rings (SSSR count). The average Bonchev–Trinajstić information content (AvgIpc) is 1.96. The molecule has 0 aliphatic heterocycles. The van der Waals surface area contributed by atoms with Crippen LogP contribution in [0.25, 0.3) is 0 Å². The van der Waals surface area contributed by atoms with E-state index in [1.807, 2.05) is 13.2 Å². The van der Waals surface area contributed by atoms with E-state index in [0.29, 0.717) is 6.04 Å². The van der Waals surface area contributed by atoms with Crippen molar-refractivity contribution in [3.63, 3.8) is 0 Å². The van der Waals surface area contributed by atoms with Crippen LogP contribution in [0, 0.1) is 5.92 Å². The monoisotopic (exact) mass is 203 g/mol. The Kier molecular flexibility index (Phi) is 4.07. The molecule has 0 amide bonds. The maximum absolute atomic E-state index is 9.87. The van der Waals surface area contributed by atoms with Crippen molar-refractivity contribution < 1.29 is 5.11 Å². The summed E-state index contributed by atoms with van der Waals surface area (Å²) in [5, 5.41) is 13.3. The van der Waals surface area contributed by atoms with Gasteiger partial charge in [0.05, 0.1) is 5.60 Å². The molecule has 1 unspecified atom stereocenters. The standard InChI is InChI=1S/C10H21NOS/c1-8-4-9(5-8)11-6-10(2,12)7-13-3/h8-9,11-12H,4-7H2,1-3H3. The zero-order valence-electron chi connectivity index (χ0n) is 8.84. The Morgan fingerprint density at radius 2 is 2.15 bits per heavy atom. The van der Waals surface area contributed by atoms with E-state index in [0.717, 1.165) is 18.2 Å². The molecule has 0 aromatic carbocycles. The molecule has 0 aromatic heterocycles. The summed E-state index contributed by atoms with van der Waals surface area (Å²) >= 11 is 1.70. The van der Waals surface area contributed by atoms with Gasteiger partial charge in [0.25, 0.3) is 0 Å². The highest BCUT2D eigenvalue weighted by atomic mass is 32.2. The highest BCUT2D eigenvalue weighted by Gasteiger charge is 2.27. The van der Waals surface area contributed by atoms with Crippen LogP contribution in [-0.4, -0.2) is 35.3 Å². The lowest BCUT2D eigenvalue weighted by molar-refractivity contribution is 0.0730. The molecular weight excluding hydrogens is 182 g/mol. The molecule has 0 bridgehead atoms. The topological polar surface area (TPSA) is 32.3 Å². The fourth-order valence-electron chi connectivity index (χ4n) is 1.80. The second-order valence-electron chi connectivity index (χ2n) is 4.58. The number of thioether (sulfide) groups is 1. The van der Waals surface area contributed by atoms with E-state index < -0.39 is 5.60 Å². The van der Waals surface area contributed by atoms with E-state index >= 15 is 0 Å². The first-order chi connectivity index (χ1) is 6.03. The van der Waals surface area contributed by atoms with Gasteiger partial charge in [-0.3, -0.25) is 0 Å². The molecule has 2 N–H and O–H groups in total. The molecule has 1 aliphatic rings. The van der Waals surface area contributed by atoms with E-state index in [1.54, 1.807) is 11.8 Å². The molecule has 0 saturated heterocycles. The maximum atomic E-state index is 9.87. The summed E-state index contributed by atoms with van der Waals surface area (Å²) in [6, 6.07) is 0.656. The third-order valence-corrected chi connectivity index (χ3v) is 3.51. The van der Waals surface area contributed by atoms with Crippen LogP contribution < -0.4 is 5.32 Å². The minimum absolute atomic E-state index is 0.543. The molecule has 0 heterocycles. The summed E-state index contributed by atoms with van der Waals surface area (Å²) in [6.07, 6.45) is 4.57. The van der Waals surface area contributed by atoms with Crippen molar-refractivity contribution in [2.45, 2.75) is 38.3 Å². The van der Waals surface area contributed by atoms with Crippen molar-refractivity contribution in [3.8, 4) is 0 Å². The predicted molar refractivity (Wildman–Crippen MR) is 59.2 cm³/mol. The normalized spacial score (nSPS) is 32.3. The summed E-state index contributed by atoms with van der Waals surface area (Å²) in [5.41, 5.74) is -0.543. The predicted octanol–water partition coefficient (Wildman–Crippen LogP) is 1.49. The van der Waals surface area contributed by atoms with Crippen LogP contribution in [0.5, 0.6) is 0 Å². The Hall–Kier alpha value is 0.270. The minimum Gasteiger partial charge on any atom is -0.388 e. The van der Waals surface area contributed by atoms with Crippen molar-refractivity contribution in [1.82, 2.24) is 5.32 Å². The molecule has 0 spiro atoms. The van der Waals surface area contributed by atoms with Gasteiger partial charge in [0.2, 0.25) is 0 Å². The Morgan fingerprint density at radius 1 is 1.54 bits per heavy atom. The number of aliphatic hydroxyl groups is 1.